The second kappa shape index (κ2) is 35.4. The maximum atomic E-state index is 14.6. The third-order valence-corrected chi connectivity index (χ3v) is 31.8. The van der Waals surface area contributed by atoms with E-state index in [1.165, 1.54) is 31.7 Å². The van der Waals surface area contributed by atoms with Crippen LogP contribution in [0.25, 0.3) is 0 Å². The van der Waals surface area contributed by atoms with E-state index in [4.69, 9.17) is 0 Å². The number of fused-ring (bicyclic) bond motifs is 8. The fraction of sp³-hybridized carbons (Fsp3) is 0.409. The molecule has 1 fully saturated rings. The number of allylic oxidation sites excluding steroid dienone is 12. The van der Waals surface area contributed by atoms with Gasteiger partial charge >= 0.3 is 0 Å². The lowest BCUT2D eigenvalue weighted by Crippen LogP contribution is -2.44. The molecular formula is C115H128FN19O7. The van der Waals surface area contributed by atoms with Crippen LogP contribution < -0.4 is 31.9 Å². The van der Waals surface area contributed by atoms with E-state index < -0.39 is 27.6 Å². The van der Waals surface area contributed by atoms with Crippen molar-refractivity contribution >= 4 is 75.4 Å². The maximum absolute atomic E-state index is 14.6. The third kappa shape index (κ3) is 16.7. The fourth-order valence-electron chi connectivity index (χ4n) is 25.8. The van der Waals surface area contributed by atoms with Crippen LogP contribution in [0.5, 0.6) is 0 Å². The number of nitrogens with zero attached hydrogens (tertiary/aromatic N) is 7. The van der Waals surface area contributed by atoms with Crippen molar-refractivity contribution in [2.75, 3.05) is 31.9 Å². The molecule has 0 bridgehead atoms. The molecule has 12 heterocycles. The van der Waals surface area contributed by atoms with Crippen LogP contribution in [0.4, 0.5) is 39.3 Å². The lowest BCUT2D eigenvalue weighted by Gasteiger charge is -2.47. The molecule has 5 atom stereocenters. The Hall–Kier alpha value is -14.3. The van der Waals surface area contributed by atoms with E-state index in [0.29, 0.717) is 84.3 Å². The van der Waals surface area contributed by atoms with Gasteiger partial charge in [-0.15, -0.1) is 0 Å². The Balaban J connectivity index is 0.000000108. The number of carbonyl (C=O) groups is 7. The largest absolute Gasteiger partial charge is 0.343 e. The van der Waals surface area contributed by atoms with Crippen molar-refractivity contribution in [1.29, 1.82) is 5.26 Å². The van der Waals surface area contributed by atoms with Crippen LogP contribution in [0.3, 0.4) is 0 Å². The van der Waals surface area contributed by atoms with Crippen molar-refractivity contribution in [1.82, 2.24) is 61.2 Å². The summed E-state index contributed by atoms with van der Waals surface area (Å²) in [7, 11) is 0. The van der Waals surface area contributed by atoms with Gasteiger partial charge in [0.25, 0.3) is 0 Å². The summed E-state index contributed by atoms with van der Waals surface area (Å²) in [6.07, 6.45) is 17.9. The van der Waals surface area contributed by atoms with Gasteiger partial charge in [-0.1, -0.05) is 254 Å². The molecule has 7 aliphatic carbocycles. The number of aromatic amines is 6. The van der Waals surface area contributed by atoms with E-state index in [-0.39, 0.29) is 78.5 Å². The van der Waals surface area contributed by atoms with Crippen LogP contribution in [-0.4, -0.2) is 102 Å². The van der Waals surface area contributed by atoms with Crippen LogP contribution >= 0.6 is 0 Å². The Morgan fingerprint density at radius 1 is 0.359 bits per heavy atom. The zero-order valence-corrected chi connectivity index (χ0v) is 84.6. The van der Waals surface area contributed by atoms with Crippen molar-refractivity contribution in [2.45, 2.75) is 267 Å². The second-order valence-electron chi connectivity index (χ2n) is 46.5. The first-order valence-electron chi connectivity index (χ1n) is 49.8. The molecule has 12 N–H and O–H groups in total. The maximum Gasteiger partial charge on any atom is 0.215 e. The lowest BCUT2D eigenvalue weighted by atomic mass is 9.58. The molecule has 0 saturated heterocycles. The first-order valence-corrected chi connectivity index (χ1v) is 49.8. The predicted molar refractivity (Wildman–Crippen MR) is 548 cm³/mol. The molecule has 6 aliphatic heterocycles. The summed E-state index contributed by atoms with van der Waals surface area (Å²) < 4.78 is 14.6. The molecule has 1 spiro atoms. The molecule has 24 rings (SSSR count). The molecule has 13 aliphatic rings. The van der Waals surface area contributed by atoms with Crippen molar-refractivity contribution in [3.63, 3.8) is 0 Å². The number of anilines is 6. The highest BCUT2D eigenvalue weighted by Crippen LogP contribution is 2.61. The summed E-state index contributed by atoms with van der Waals surface area (Å²) in [4.78, 5) is 90.6. The van der Waals surface area contributed by atoms with Crippen LogP contribution in [-0.2, 0) is 55.8 Å². The predicted octanol–water partition coefficient (Wildman–Crippen LogP) is 23.0. The standard InChI is InChI=1S/C21H23N3O2.C19H20FN3O.C19H18N4O.2C19H21N3O.C18H25N3O/c1-12(25)18-17-19(24-23-18)22-14-10-20(2,3)11-15(26)16(14)21(17,4)13-8-6-5-7-9-13;1-18(2)9-12-14(13(24)10-18)19(3,11-7-5-4-6-8-11)15-16(20)22-23-17(15)21-12;1-19(2)8-12-16(14(24)9-19)15(11-6-4-3-5-7-11)17-13(10-20)22-23-18(17)21-12;2*1-18(2)9-14-16(15(23)10-18)19(3,12-7-5-4-6-8-12)13-11-20-22-17(13)21-14;1-11-14-16(21-20-11)19-12-9-17(2,3)10-13(22)15(12)18(14)7-5-4-6-8-18/h5-9H,10-11H2,1-4H3,(H2,22,23,24);4-8H,9-10H2,1-3H3,(H2,21,22,23);3-7,15H,8-9H2,1-2H3,(H2,21,22,23);2*4-8,11H,9-10H2,1-3H3,(H2,20,21,22);4-10H2,1-3H3,(H2,19,20,21)/t;;;19-;;/m...0../s1. The fourth-order valence-corrected chi connectivity index (χ4v) is 25.8. The minimum Gasteiger partial charge on any atom is -0.343 e. The third-order valence-electron chi connectivity index (χ3n) is 31.8. The normalized spacial score (nSPS) is 24.5. The number of nitriles is 1. The first-order chi connectivity index (χ1) is 67.3. The molecule has 0 amide bonds. The highest BCUT2D eigenvalue weighted by atomic mass is 19.1. The first kappa shape index (κ1) is 96.6. The van der Waals surface area contributed by atoms with Gasteiger partial charge in [-0.2, -0.15) is 40.2 Å². The van der Waals surface area contributed by atoms with E-state index in [9.17, 15) is 43.2 Å². The average Bonchev–Trinajstić information content (AvgIpc) is 1.42. The van der Waals surface area contributed by atoms with Gasteiger partial charge in [0.05, 0.1) is 39.6 Å². The lowest BCUT2D eigenvalue weighted by molar-refractivity contribution is -0.119. The highest BCUT2D eigenvalue weighted by Gasteiger charge is 2.57. The number of carbonyl (C=O) groups excluding carboxylic acids is 7. The van der Waals surface area contributed by atoms with Crippen molar-refractivity contribution in [3.05, 3.63) is 316 Å². The number of halogens is 1. The number of rotatable bonds is 6. The average molecular weight is 1910 g/mol. The summed E-state index contributed by atoms with van der Waals surface area (Å²) in [5, 5.41) is 72.7. The van der Waals surface area contributed by atoms with Gasteiger partial charge in [0.1, 0.15) is 29.1 Å². The Morgan fingerprint density at radius 3 is 1.11 bits per heavy atom. The van der Waals surface area contributed by atoms with E-state index in [1.54, 1.807) is 0 Å². The number of hydrogen-bond acceptors (Lipinski definition) is 20. The molecule has 4 unspecified atom stereocenters. The van der Waals surface area contributed by atoms with E-state index >= 15 is 0 Å². The van der Waals surface area contributed by atoms with Gasteiger partial charge < -0.3 is 31.9 Å². The molecule has 0 radical (unpaired) electrons. The number of ketones is 7. The smallest absolute Gasteiger partial charge is 0.215 e. The van der Waals surface area contributed by atoms with E-state index in [2.05, 4.69) is 227 Å². The topological polar surface area (TPSA) is 388 Å². The van der Waals surface area contributed by atoms with Crippen molar-refractivity contribution < 1.29 is 38.0 Å². The summed E-state index contributed by atoms with van der Waals surface area (Å²) in [5.41, 5.74) is 20.6. The summed E-state index contributed by atoms with van der Waals surface area (Å²) in [5.74, 6) is 4.92. The Morgan fingerprint density at radius 2 is 0.690 bits per heavy atom. The SMILES string of the molecule is CC(=O)c1[nH]nc2c1C(C)(c1ccccc1)C1=C(CC(C)(C)CC1=O)N2.CC1(C)CC(=O)C2=C(C1)Nc1[nH]ncc1C2(C)c1ccccc1.CC1(C)CC(=O)C2=C(C1)Nc1[nH]ncc1[C@]2(C)c1ccccc1.CC1(C)CC(=O)C2=C(C1)Nc1n[nH]c(C#N)c1C2c1ccccc1.CC1(C)CC(=O)C2=C(C1)Nc1n[nH]c(F)c1C2(C)c1ccccc1.Cc1[nH]nc2c1C1(CCCCC1)C1=C(CC(C)(C)CC1=O)N2. The van der Waals surface area contributed by atoms with E-state index in [0.717, 1.165) is 187 Å². The molecule has 142 heavy (non-hydrogen) atoms. The minimum absolute atomic E-state index is 0.0158. The van der Waals surface area contributed by atoms with Crippen molar-refractivity contribution in [3.8, 4) is 6.07 Å². The molecule has 732 valence electrons. The van der Waals surface area contributed by atoms with Gasteiger partial charge in [-0.25, -0.2) is 0 Å². The number of Topliss-reactive ketones (excluding diaryl/α,β-unsaturated/α-hetero) is 7. The quantitative estimate of drug-likeness (QED) is 0.0688. The molecule has 11 aromatic rings. The highest BCUT2D eigenvalue weighted by molar-refractivity contribution is 6.08. The summed E-state index contributed by atoms with van der Waals surface area (Å²) in [6.45, 7) is 37.4. The number of benzene rings is 5. The minimum atomic E-state index is -0.845. The van der Waals surface area contributed by atoms with Gasteiger partial charge in [0.15, 0.2) is 63.8 Å². The Kier molecular flexibility index (Phi) is 24.1. The van der Waals surface area contributed by atoms with Crippen LogP contribution in [0.1, 0.15) is 316 Å². The molecule has 5 aromatic carbocycles. The zero-order chi connectivity index (χ0) is 101. The van der Waals surface area contributed by atoms with Crippen LogP contribution in [0.2, 0.25) is 0 Å². The number of nitrogens with one attached hydrogen (secondary N) is 12. The Bertz CT molecular complexity index is 7090. The van der Waals surface area contributed by atoms with Crippen LogP contribution in [0.15, 0.2) is 232 Å². The summed E-state index contributed by atoms with van der Waals surface area (Å²) >= 11 is 0. The van der Waals surface area contributed by atoms with Gasteiger partial charge in [-0.05, 0) is 146 Å². The van der Waals surface area contributed by atoms with Crippen molar-refractivity contribution in [2.24, 2.45) is 32.5 Å². The summed E-state index contributed by atoms with van der Waals surface area (Å²) in [6, 6.07) is 52.1. The molecule has 1 saturated carbocycles. The number of aryl methyl sites for hydroxylation is 1. The number of hydrogen-bond donors (Lipinski definition) is 12. The second-order valence-corrected chi connectivity index (χ2v) is 46.5. The van der Waals surface area contributed by atoms with Crippen LogP contribution in [0, 0.1) is 56.7 Å². The van der Waals surface area contributed by atoms with Gasteiger partial charge in [0, 0.05) is 158 Å². The monoisotopic (exact) mass is 1910 g/mol. The Labute approximate surface area is 828 Å². The number of aromatic nitrogens is 12. The molecular weight excluding hydrogens is 1780 g/mol. The number of H-pyrrole nitrogens is 6. The molecule has 27 heteroatoms. The zero-order valence-electron chi connectivity index (χ0n) is 84.6. The van der Waals surface area contributed by atoms with Gasteiger partial charge in [-0.3, -0.25) is 64.2 Å². The van der Waals surface area contributed by atoms with Gasteiger partial charge in [0.2, 0.25) is 5.95 Å². The molecule has 26 nitrogen and oxygen atoms in total. The van der Waals surface area contributed by atoms with E-state index in [1.807, 2.05) is 154 Å². The molecule has 6 aromatic heterocycles.